The summed E-state index contributed by atoms with van der Waals surface area (Å²) in [5.41, 5.74) is 1.79. The molecule has 1 aromatic carbocycles. The van der Waals surface area contributed by atoms with Crippen LogP contribution in [-0.2, 0) is 6.54 Å². The first kappa shape index (κ1) is 11.4. The zero-order valence-corrected chi connectivity index (χ0v) is 10.1. The molecular weight excluding hydrogens is 242 g/mol. The van der Waals surface area contributed by atoms with E-state index in [0.29, 0.717) is 12.1 Å². The second-order valence-corrected chi connectivity index (χ2v) is 4.28. The highest BCUT2D eigenvalue weighted by molar-refractivity contribution is 5.88. The van der Waals surface area contributed by atoms with Gasteiger partial charge < -0.3 is 4.57 Å². The highest BCUT2D eigenvalue weighted by Gasteiger charge is 2.15. The lowest BCUT2D eigenvalue weighted by Gasteiger charge is -2.05. The predicted octanol–water partition coefficient (Wildman–Crippen LogP) is 2.99. The number of hydrogen-bond acceptors (Lipinski definition) is 3. The molecule has 0 saturated heterocycles. The lowest BCUT2D eigenvalue weighted by atomic mass is 10.2. The fourth-order valence-electron chi connectivity index (χ4n) is 2.21. The topological polar surface area (TPSA) is 61.0 Å². The molecule has 0 aliphatic rings. The SMILES string of the molecule is O=[N+]([O-])c1cccc2ccn(Cc3cccnc3)c12. The van der Waals surface area contributed by atoms with Crippen LogP contribution in [0.2, 0.25) is 0 Å². The first-order chi connectivity index (χ1) is 9.25. The maximum atomic E-state index is 11.1. The van der Waals surface area contributed by atoms with Gasteiger partial charge in [0.25, 0.3) is 5.69 Å². The molecule has 0 saturated carbocycles. The normalized spacial score (nSPS) is 10.7. The lowest BCUT2D eigenvalue weighted by Crippen LogP contribution is -2.00. The molecule has 3 aromatic rings. The van der Waals surface area contributed by atoms with Gasteiger partial charge in [0, 0.05) is 36.6 Å². The van der Waals surface area contributed by atoms with Crippen LogP contribution in [0, 0.1) is 10.1 Å². The molecule has 3 rings (SSSR count). The average Bonchev–Trinajstić information content (AvgIpc) is 2.83. The van der Waals surface area contributed by atoms with Crippen LogP contribution in [0.4, 0.5) is 5.69 Å². The van der Waals surface area contributed by atoms with Crippen molar-refractivity contribution in [2.24, 2.45) is 0 Å². The quantitative estimate of drug-likeness (QED) is 0.532. The molecule has 0 atom stereocenters. The molecule has 5 heteroatoms. The summed E-state index contributed by atoms with van der Waals surface area (Å²) in [6.07, 6.45) is 5.34. The van der Waals surface area contributed by atoms with Crippen LogP contribution in [0.5, 0.6) is 0 Å². The molecule has 0 aliphatic heterocycles. The zero-order chi connectivity index (χ0) is 13.2. The predicted molar refractivity (Wildman–Crippen MR) is 71.9 cm³/mol. The summed E-state index contributed by atoms with van der Waals surface area (Å²) < 4.78 is 1.88. The van der Waals surface area contributed by atoms with Crippen molar-refractivity contribution in [1.29, 1.82) is 0 Å². The fraction of sp³-hybridized carbons (Fsp3) is 0.0714. The monoisotopic (exact) mass is 253 g/mol. The van der Waals surface area contributed by atoms with E-state index in [1.54, 1.807) is 18.5 Å². The minimum atomic E-state index is -0.345. The Balaban J connectivity index is 2.12. The van der Waals surface area contributed by atoms with Crippen LogP contribution in [0.1, 0.15) is 5.56 Å². The van der Waals surface area contributed by atoms with E-state index in [9.17, 15) is 10.1 Å². The number of nitrogens with zero attached hydrogens (tertiary/aromatic N) is 3. The van der Waals surface area contributed by atoms with Crippen molar-refractivity contribution >= 4 is 16.6 Å². The summed E-state index contributed by atoms with van der Waals surface area (Å²) in [6.45, 7) is 0.572. The number of pyridine rings is 1. The Morgan fingerprint density at radius 2 is 2.11 bits per heavy atom. The van der Waals surface area contributed by atoms with Gasteiger partial charge in [0.1, 0.15) is 5.52 Å². The Bertz CT molecular complexity index is 735. The summed E-state index contributed by atoms with van der Waals surface area (Å²) in [4.78, 5) is 14.8. The summed E-state index contributed by atoms with van der Waals surface area (Å²) in [7, 11) is 0. The molecule has 94 valence electrons. The first-order valence-electron chi connectivity index (χ1n) is 5.87. The molecule has 0 N–H and O–H groups in total. The minimum Gasteiger partial charge on any atom is -0.337 e. The molecule has 0 spiro atoms. The van der Waals surface area contributed by atoms with Crippen molar-refractivity contribution in [3.63, 3.8) is 0 Å². The van der Waals surface area contributed by atoms with E-state index in [0.717, 1.165) is 10.9 Å². The average molecular weight is 253 g/mol. The smallest absolute Gasteiger partial charge is 0.293 e. The van der Waals surface area contributed by atoms with Crippen LogP contribution in [-0.4, -0.2) is 14.5 Å². The molecule has 19 heavy (non-hydrogen) atoms. The third kappa shape index (κ3) is 2.06. The molecule has 0 bridgehead atoms. The van der Waals surface area contributed by atoms with Crippen molar-refractivity contribution in [2.75, 3.05) is 0 Å². The van der Waals surface area contributed by atoms with Crippen LogP contribution < -0.4 is 0 Å². The Hall–Kier alpha value is -2.69. The van der Waals surface area contributed by atoms with Crippen LogP contribution in [0.3, 0.4) is 0 Å². The van der Waals surface area contributed by atoms with E-state index >= 15 is 0 Å². The summed E-state index contributed by atoms with van der Waals surface area (Å²) in [6, 6.07) is 10.8. The Morgan fingerprint density at radius 1 is 1.21 bits per heavy atom. The summed E-state index contributed by atoms with van der Waals surface area (Å²) in [5, 5.41) is 12.0. The number of hydrogen-bond donors (Lipinski definition) is 0. The Labute approximate surface area is 109 Å². The van der Waals surface area contributed by atoms with E-state index < -0.39 is 0 Å². The number of rotatable bonds is 3. The van der Waals surface area contributed by atoms with Gasteiger partial charge in [-0.25, -0.2) is 0 Å². The number of benzene rings is 1. The standard InChI is InChI=1S/C14H11N3O2/c18-17(19)13-5-1-4-12-6-8-16(14(12)13)10-11-3-2-7-15-9-11/h1-9H,10H2. The molecule has 0 radical (unpaired) electrons. The third-order valence-corrected chi connectivity index (χ3v) is 3.04. The van der Waals surface area contributed by atoms with E-state index in [1.165, 1.54) is 6.07 Å². The Morgan fingerprint density at radius 3 is 2.84 bits per heavy atom. The van der Waals surface area contributed by atoms with Crippen molar-refractivity contribution in [3.05, 3.63) is 70.7 Å². The van der Waals surface area contributed by atoms with E-state index in [4.69, 9.17) is 0 Å². The fourth-order valence-corrected chi connectivity index (χ4v) is 2.21. The number of nitro benzene ring substituents is 1. The van der Waals surface area contributed by atoms with Crippen molar-refractivity contribution in [3.8, 4) is 0 Å². The van der Waals surface area contributed by atoms with Crippen molar-refractivity contribution in [1.82, 2.24) is 9.55 Å². The molecular formula is C14H11N3O2. The molecule has 0 fully saturated rings. The van der Waals surface area contributed by atoms with Gasteiger partial charge in [-0.3, -0.25) is 15.1 Å². The van der Waals surface area contributed by atoms with Gasteiger partial charge in [0.15, 0.2) is 0 Å². The number of non-ortho nitro benzene ring substituents is 1. The number of para-hydroxylation sites is 1. The molecule has 5 nitrogen and oxygen atoms in total. The zero-order valence-electron chi connectivity index (χ0n) is 10.1. The highest BCUT2D eigenvalue weighted by Crippen LogP contribution is 2.26. The summed E-state index contributed by atoms with van der Waals surface area (Å²) in [5.74, 6) is 0. The van der Waals surface area contributed by atoms with Gasteiger partial charge in [-0.2, -0.15) is 0 Å². The number of nitro groups is 1. The second kappa shape index (κ2) is 4.53. The number of fused-ring (bicyclic) bond motifs is 1. The number of aromatic nitrogens is 2. The van der Waals surface area contributed by atoms with Gasteiger partial charge in [-0.15, -0.1) is 0 Å². The maximum absolute atomic E-state index is 11.1. The third-order valence-electron chi connectivity index (χ3n) is 3.04. The van der Waals surface area contributed by atoms with Crippen LogP contribution in [0.15, 0.2) is 55.0 Å². The summed E-state index contributed by atoms with van der Waals surface area (Å²) >= 11 is 0. The Kier molecular flexibility index (Phi) is 2.72. The van der Waals surface area contributed by atoms with Gasteiger partial charge in [0.05, 0.1) is 4.92 Å². The van der Waals surface area contributed by atoms with Gasteiger partial charge in [-0.1, -0.05) is 18.2 Å². The van der Waals surface area contributed by atoms with Crippen LogP contribution in [0.25, 0.3) is 10.9 Å². The maximum Gasteiger partial charge on any atom is 0.293 e. The van der Waals surface area contributed by atoms with Gasteiger partial charge in [0.2, 0.25) is 0 Å². The van der Waals surface area contributed by atoms with Crippen molar-refractivity contribution in [2.45, 2.75) is 6.54 Å². The van der Waals surface area contributed by atoms with Gasteiger partial charge in [-0.05, 0) is 17.7 Å². The highest BCUT2D eigenvalue weighted by atomic mass is 16.6. The minimum absolute atomic E-state index is 0.131. The molecule has 0 unspecified atom stereocenters. The van der Waals surface area contributed by atoms with E-state index in [1.807, 2.05) is 35.0 Å². The molecule has 0 aliphatic carbocycles. The largest absolute Gasteiger partial charge is 0.337 e. The van der Waals surface area contributed by atoms with Crippen molar-refractivity contribution < 1.29 is 4.92 Å². The second-order valence-electron chi connectivity index (χ2n) is 4.28. The lowest BCUT2D eigenvalue weighted by molar-refractivity contribution is -0.383. The molecule has 0 amide bonds. The van der Waals surface area contributed by atoms with Gasteiger partial charge >= 0.3 is 0 Å². The van der Waals surface area contributed by atoms with E-state index in [2.05, 4.69) is 4.98 Å². The van der Waals surface area contributed by atoms with E-state index in [-0.39, 0.29) is 10.6 Å². The molecule has 2 aromatic heterocycles. The van der Waals surface area contributed by atoms with Crippen LogP contribution >= 0.6 is 0 Å². The molecule has 2 heterocycles. The first-order valence-corrected chi connectivity index (χ1v) is 5.87.